The maximum atomic E-state index is 13.1. The molecule has 2 aromatic carbocycles. The average Bonchev–Trinajstić information content (AvgIpc) is 2.70. The maximum absolute atomic E-state index is 13.1. The van der Waals surface area contributed by atoms with Crippen LogP contribution < -0.4 is 10.7 Å². The Hall–Kier alpha value is -2.99. The second-order valence-electron chi connectivity index (χ2n) is 6.48. The Morgan fingerprint density at radius 2 is 2.07 bits per heavy atom. The van der Waals surface area contributed by atoms with Crippen molar-refractivity contribution >= 4 is 49.9 Å². The van der Waals surface area contributed by atoms with Crippen LogP contribution in [0.3, 0.4) is 0 Å². The van der Waals surface area contributed by atoms with Gasteiger partial charge in [-0.2, -0.15) is 0 Å². The summed E-state index contributed by atoms with van der Waals surface area (Å²) >= 11 is 1.66. The molecule has 0 saturated carbocycles. The minimum Gasteiger partial charge on any atom is -0.383 e. The van der Waals surface area contributed by atoms with Gasteiger partial charge in [-0.25, -0.2) is 9.98 Å². The average molecular weight is 393 g/mol. The van der Waals surface area contributed by atoms with Gasteiger partial charge in [-0.15, -0.1) is 11.3 Å². The van der Waals surface area contributed by atoms with Gasteiger partial charge in [0.05, 0.1) is 5.39 Å². The van der Waals surface area contributed by atoms with Crippen molar-refractivity contribution in [3.05, 3.63) is 64.5 Å². The third kappa shape index (κ3) is 3.97. The minimum atomic E-state index is 0.0759. The molecule has 1 heterocycles. The normalized spacial score (nSPS) is 12.0. The van der Waals surface area contributed by atoms with Gasteiger partial charge in [-0.05, 0) is 44.3 Å². The summed E-state index contributed by atoms with van der Waals surface area (Å²) in [6.07, 6.45) is 3.54. The number of anilines is 1. The molecule has 0 aliphatic rings. The predicted octanol–water partition coefficient (Wildman–Crippen LogP) is 4.66. The third-order valence-corrected chi connectivity index (χ3v) is 5.82. The molecule has 1 aromatic heterocycles. The molecule has 0 unspecified atom stereocenters. The fourth-order valence-corrected chi connectivity index (χ4v) is 4.21. The van der Waals surface area contributed by atoms with Crippen LogP contribution in [0.15, 0.2) is 63.5 Å². The molecule has 0 aliphatic carbocycles. The second-order valence-corrected chi connectivity index (χ2v) is 7.53. The van der Waals surface area contributed by atoms with Crippen LogP contribution in [0.25, 0.3) is 20.2 Å². The topological polar surface area (TPSA) is 57.1 Å². The number of guanidine groups is 1. The van der Waals surface area contributed by atoms with E-state index in [-0.39, 0.29) is 5.43 Å². The quantitative estimate of drug-likeness (QED) is 0.390. The van der Waals surface area contributed by atoms with E-state index in [1.807, 2.05) is 62.2 Å². The number of fused-ring (bicyclic) bond motifs is 2. The summed E-state index contributed by atoms with van der Waals surface area (Å²) < 4.78 is 2.05. The van der Waals surface area contributed by atoms with Crippen molar-refractivity contribution < 1.29 is 0 Å². The van der Waals surface area contributed by atoms with Gasteiger partial charge in [0.25, 0.3) is 0 Å². The van der Waals surface area contributed by atoms with Crippen molar-refractivity contribution in [1.29, 1.82) is 0 Å². The lowest BCUT2D eigenvalue weighted by Crippen LogP contribution is -2.30. The number of aliphatic imine (C=N–C) groups is 2. The fraction of sp³-hybridized carbons (Fsp3) is 0.227. The number of likely N-dealkylation sites (N-methyl/N-ethyl adjacent to an activating group) is 1. The van der Waals surface area contributed by atoms with Crippen LogP contribution in [-0.2, 0) is 0 Å². The summed E-state index contributed by atoms with van der Waals surface area (Å²) in [6, 6.07) is 11.8. The highest BCUT2D eigenvalue weighted by molar-refractivity contribution is 7.24. The Balaban J connectivity index is 1.90. The number of hydrogen-bond acceptors (Lipinski definition) is 4. The number of benzene rings is 2. The lowest BCUT2D eigenvalue weighted by Gasteiger charge is -2.18. The van der Waals surface area contributed by atoms with Crippen LogP contribution in [0.4, 0.5) is 5.69 Å². The molecule has 0 radical (unpaired) electrons. The SMILES string of the molecule is C=N/C(=N\C=C/C)N(C)CCNc1ccc(C)c2sc3ccccc3c(=O)c12. The number of aryl methyl sites for hydroxylation is 1. The Labute approximate surface area is 168 Å². The molecule has 0 aliphatic heterocycles. The summed E-state index contributed by atoms with van der Waals surface area (Å²) in [5.74, 6) is 0.561. The first-order valence-corrected chi connectivity index (χ1v) is 9.94. The lowest BCUT2D eigenvalue weighted by molar-refractivity contribution is 0.518. The lowest BCUT2D eigenvalue weighted by atomic mass is 10.1. The number of hydrogen-bond donors (Lipinski definition) is 1. The van der Waals surface area contributed by atoms with E-state index in [2.05, 4.69) is 28.1 Å². The molecule has 1 N–H and O–H groups in total. The van der Waals surface area contributed by atoms with Crippen LogP contribution >= 0.6 is 11.3 Å². The van der Waals surface area contributed by atoms with Gasteiger partial charge in [0, 0.05) is 46.8 Å². The number of allylic oxidation sites excluding steroid dienone is 1. The molecule has 3 rings (SSSR count). The second kappa shape index (κ2) is 8.80. The Morgan fingerprint density at radius 3 is 2.82 bits per heavy atom. The molecular formula is C22H24N4OS. The van der Waals surface area contributed by atoms with Gasteiger partial charge in [0.1, 0.15) is 0 Å². The fourth-order valence-electron chi connectivity index (χ4n) is 3.04. The highest BCUT2D eigenvalue weighted by Gasteiger charge is 2.12. The standard InChI is InChI=1S/C22H24N4OS/c1-5-12-25-22(23-3)26(4)14-13-24-17-11-10-15(2)21-19(17)20(27)16-8-6-7-9-18(16)28-21/h5-12,24H,3,13-14H2,1-2,4H3/b12-5-,25-22+. The highest BCUT2D eigenvalue weighted by Crippen LogP contribution is 2.31. The highest BCUT2D eigenvalue weighted by atomic mass is 32.1. The summed E-state index contributed by atoms with van der Waals surface area (Å²) in [7, 11) is 1.92. The van der Waals surface area contributed by atoms with Crippen molar-refractivity contribution in [1.82, 2.24) is 4.90 Å². The largest absolute Gasteiger partial charge is 0.383 e. The van der Waals surface area contributed by atoms with Gasteiger partial charge in [0.15, 0.2) is 5.43 Å². The zero-order chi connectivity index (χ0) is 20.1. The monoisotopic (exact) mass is 392 g/mol. The van der Waals surface area contributed by atoms with E-state index in [1.54, 1.807) is 17.5 Å². The van der Waals surface area contributed by atoms with Crippen LogP contribution in [0.1, 0.15) is 12.5 Å². The van der Waals surface area contributed by atoms with Crippen molar-refractivity contribution in [2.45, 2.75) is 13.8 Å². The van der Waals surface area contributed by atoms with E-state index < -0.39 is 0 Å². The first kappa shape index (κ1) is 19.8. The van der Waals surface area contributed by atoms with Crippen LogP contribution in [0.5, 0.6) is 0 Å². The summed E-state index contributed by atoms with van der Waals surface area (Å²) in [4.78, 5) is 23.3. The zero-order valence-electron chi connectivity index (χ0n) is 16.4. The molecule has 28 heavy (non-hydrogen) atoms. The first-order valence-electron chi connectivity index (χ1n) is 9.12. The summed E-state index contributed by atoms with van der Waals surface area (Å²) in [6.45, 7) is 8.85. The van der Waals surface area contributed by atoms with Crippen molar-refractivity contribution in [2.24, 2.45) is 9.98 Å². The molecule has 5 nitrogen and oxygen atoms in total. The van der Waals surface area contributed by atoms with Gasteiger partial charge in [-0.1, -0.05) is 24.3 Å². The van der Waals surface area contributed by atoms with Crippen molar-refractivity contribution in [3.63, 3.8) is 0 Å². The Kier molecular flexibility index (Phi) is 6.21. The Bertz CT molecular complexity index is 1130. The van der Waals surface area contributed by atoms with Crippen molar-refractivity contribution in [2.75, 3.05) is 25.5 Å². The number of nitrogens with zero attached hydrogens (tertiary/aromatic N) is 3. The van der Waals surface area contributed by atoms with E-state index in [4.69, 9.17) is 0 Å². The van der Waals surface area contributed by atoms with E-state index in [0.29, 0.717) is 19.0 Å². The molecule has 0 amide bonds. The zero-order valence-corrected chi connectivity index (χ0v) is 17.2. The molecule has 0 atom stereocenters. The molecular weight excluding hydrogens is 368 g/mol. The maximum Gasteiger partial charge on any atom is 0.224 e. The van der Waals surface area contributed by atoms with Crippen LogP contribution in [0.2, 0.25) is 0 Å². The molecule has 0 spiro atoms. The van der Waals surface area contributed by atoms with E-state index >= 15 is 0 Å². The third-order valence-electron chi connectivity index (χ3n) is 4.51. The van der Waals surface area contributed by atoms with E-state index in [1.165, 1.54) is 0 Å². The predicted molar refractivity (Wildman–Crippen MR) is 123 cm³/mol. The molecule has 0 fully saturated rings. The number of rotatable bonds is 5. The number of nitrogens with one attached hydrogen (secondary N) is 1. The first-order chi connectivity index (χ1) is 13.6. The molecule has 0 bridgehead atoms. The van der Waals surface area contributed by atoms with Gasteiger partial charge in [-0.3, -0.25) is 4.79 Å². The van der Waals surface area contributed by atoms with Crippen LogP contribution in [0, 0.1) is 6.92 Å². The molecule has 144 valence electrons. The van der Waals surface area contributed by atoms with Crippen molar-refractivity contribution in [3.8, 4) is 0 Å². The van der Waals surface area contributed by atoms with Gasteiger partial charge >= 0.3 is 0 Å². The van der Waals surface area contributed by atoms with Gasteiger partial charge < -0.3 is 10.2 Å². The van der Waals surface area contributed by atoms with E-state index in [0.717, 1.165) is 31.4 Å². The Morgan fingerprint density at radius 1 is 1.29 bits per heavy atom. The molecule has 0 saturated heterocycles. The van der Waals surface area contributed by atoms with Gasteiger partial charge in [0.2, 0.25) is 5.96 Å². The van der Waals surface area contributed by atoms with E-state index in [9.17, 15) is 4.79 Å². The summed E-state index contributed by atoms with van der Waals surface area (Å²) in [5.41, 5.74) is 2.05. The summed E-state index contributed by atoms with van der Waals surface area (Å²) in [5, 5.41) is 4.94. The minimum absolute atomic E-state index is 0.0759. The molecule has 3 aromatic rings. The smallest absolute Gasteiger partial charge is 0.224 e. The molecule has 6 heteroatoms. The van der Waals surface area contributed by atoms with Crippen LogP contribution in [-0.4, -0.2) is 37.7 Å².